The average molecular weight is 325 g/mol. The molecule has 2 heteroatoms. The van der Waals surface area contributed by atoms with Gasteiger partial charge < -0.3 is 4.42 Å². The van der Waals surface area contributed by atoms with E-state index < -0.39 is 0 Å². The molecule has 0 radical (unpaired) electrons. The number of benzene rings is 3. The van der Waals surface area contributed by atoms with Crippen LogP contribution in [0.5, 0.6) is 0 Å². The molecule has 0 aliphatic heterocycles. The lowest BCUT2D eigenvalue weighted by atomic mass is 9.96. The number of nitrogens with zero attached hydrogens (tertiary/aromatic N) is 1. The van der Waals surface area contributed by atoms with E-state index in [1.165, 1.54) is 11.1 Å². The first-order valence-corrected chi connectivity index (χ1v) is 8.40. The number of para-hydroxylation sites is 2. The number of hydrogen-bond acceptors (Lipinski definition) is 2. The summed E-state index contributed by atoms with van der Waals surface area (Å²) in [7, 11) is 0. The summed E-state index contributed by atoms with van der Waals surface area (Å²) in [5.74, 6) is 0.623. The van der Waals surface area contributed by atoms with Crippen LogP contribution in [0.25, 0.3) is 22.7 Å². The van der Waals surface area contributed by atoms with E-state index in [2.05, 4.69) is 67.4 Å². The molecule has 1 aromatic heterocycles. The molecule has 0 spiro atoms. The van der Waals surface area contributed by atoms with Crippen molar-refractivity contribution in [3.8, 4) is 0 Å². The Morgan fingerprint density at radius 1 is 0.760 bits per heavy atom. The highest BCUT2D eigenvalue weighted by molar-refractivity contribution is 5.91. The lowest BCUT2D eigenvalue weighted by molar-refractivity contribution is 0.589. The van der Waals surface area contributed by atoms with E-state index in [-0.39, 0.29) is 0 Å². The predicted molar refractivity (Wildman–Crippen MR) is 103 cm³/mol. The van der Waals surface area contributed by atoms with E-state index in [0.717, 1.165) is 27.8 Å². The summed E-state index contributed by atoms with van der Waals surface area (Å²) in [6.07, 6.45) is 2.02. The average Bonchev–Trinajstić information content (AvgIpc) is 3.04. The normalized spacial score (nSPS) is 10.8. The Bertz CT molecular complexity index is 957. The van der Waals surface area contributed by atoms with Crippen LogP contribution in [0.1, 0.15) is 28.1 Å². The minimum absolute atomic E-state index is 0.623. The molecule has 2 nitrogen and oxygen atoms in total. The van der Waals surface area contributed by atoms with Crippen molar-refractivity contribution in [2.45, 2.75) is 13.8 Å². The monoisotopic (exact) mass is 325 g/mol. The zero-order valence-corrected chi connectivity index (χ0v) is 14.4. The van der Waals surface area contributed by atoms with Crippen LogP contribution in [0.4, 0.5) is 0 Å². The number of fused-ring (bicyclic) bond motifs is 1. The highest BCUT2D eigenvalue weighted by Gasteiger charge is 2.09. The standard InChI is InChI=1S/C23H19NO/c1-16-7-11-18(12-8-16)20(19-13-9-17(2)10-14-19)15-23-24-21-5-3-4-6-22(21)25-23/h3-15H,1-2H3. The second-order valence-electron chi connectivity index (χ2n) is 6.31. The van der Waals surface area contributed by atoms with Crippen molar-refractivity contribution >= 4 is 22.7 Å². The van der Waals surface area contributed by atoms with Crippen molar-refractivity contribution in [2.75, 3.05) is 0 Å². The fourth-order valence-corrected chi connectivity index (χ4v) is 2.87. The fourth-order valence-electron chi connectivity index (χ4n) is 2.87. The van der Waals surface area contributed by atoms with Crippen molar-refractivity contribution in [1.82, 2.24) is 4.98 Å². The maximum absolute atomic E-state index is 5.90. The van der Waals surface area contributed by atoms with E-state index >= 15 is 0 Å². The molecule has 25 heavy (non-hydrogen) atoms. The third-order valence-electron chi connectivity index (χ3n) is 4.30. The minimum Gasteiger partial charge on any atom is -0.437 e. The molecule has 0 bridgehead atoms. The molecule has 0 fully saturated rings. The fraction of sp³-hybridized carbons (Fsp3) is 0.0870. The van der Waals surface area contributed by atoms with E-state index in [4.69, 9.17) is 4.42 Å². The molecule has 0 amide bonds. The van der Waals surface area contributed by atoms with Crippen molar-refractivity contribution in [1.29, 1.82) is 0 Å². The van der Waals surface area contributed by atoms with Crippen LogP contribution in [-0.2, 0) is 0 Å². The molecule has 4 rings (SSSR count). The van der Waals surface area contributed by atoms with Gasteiger partial charge in [0.25, 0.3) is 0 Å². The van der Waals surface area contributed by atoms with E-state index in [9.17, 15) is 0 Å². The van der Waals surface area contributed by atoms with Gasteiger partial charge in [-0.15, -0.1) is 0 Å². The third kappa shape index (κ3) is 3.24. The molecule has 0 atom stereocenters. The summed E-state index contributed by atoms with van der Waals surface area (Å²) in [6, 6.07) is 24.9. The lowest BCUT2D eigenvalue weighted by Gasteiger charge is -2.09. The number of oxazole rings is 1. The van der Waals surface area contributed by atoms with E-state index in [1.807, 2.05) is 30.3 Å². The van der Waals surface area contributed by atoms with Gasteiger partial charge in [-0.1, -0.05) is 71.8 Å². The molecular weight excluding hydrogens is 306 g/mol. The zero-order chi connectivity index (χ0) is 17.2. The highest BCUT2D eigenvalue weighted by Crippen LogP contribution is 2.27. The summed E-state index contributed by atoms with van der Waals surface area (Å²) < 4.78 is 5.90. The molecule has 0 aliphatic rings. The molecule has 0 aliphatic carbocycles. The first kappa shape index (κ1) is 15.4. The topological polar surface area (TPSA) is 26.0 Å². The van der Waals surface area contributed by atoms with Gasteiger partial charge in [-0.2, -0.15) is 0 Å². The smallest absolute Gasteiger partial charge is 0.220 e. The molecular formula is C23H19NO. The van der Waals surface area contributed by atoms with Gasteiger partial charge in [-0.25, -0.2) is 4.98 Å². The molecule has 0 N–H and O–H groups in total. The lowest BCUT2D eigenvalue weighted by Crippen LogP contribution is -1.89. The third-order valence-corrected chi connectivity index (χ3v) is 4.30. The Kier molecular flexibility index (Phi) is 3.95. The molecule has 0 saturated heterocycles. The van der Waals surface area contributed by atoms with E-state index in [1.54, 1.807) is 0 Å². The summed E-state index contributed by atoms with van der Waals surface area (Å²) in [6.45, 7) is 4.19. The van der Waals surface area contributed by atoms with Gasteiger partial charge in [0, 0.05) is 6.08 Å². The van der Waals surface area contributed by atoms with Gasteiger partial charge in [-0.05, 0) is 42.7 Å². The molecule has 0 saturated carbocycles. The van der Waals surface area contributed by atoms with Gasteiger partial charge >= 0.3 is 0 Å². The maximum Gasteiger partial charge on any atom is 0.220 e. The van der Waals surface area contributed by atoms with Gasteiger partial charge in [0.15, 0.2) is 5.58 Å². The number of hydrogen-bond donors (Lipinski definition) is 0. The van der Waals surface area contributed by atoms with Gasteiger partial charge in [0.1, 0.15) is 5.52 Å². The number of aryl methyl sites for hydroxylation is 2. The molecule has 4 aromatic rings. The van der Waals surface area contributed by atoms with Gasteiger partial charge in [-0.3, -0.25) is 0 Å². The predicted octanol–water partition coefficient (Wildman–Crippen LogP) is 6.03. The van der Waals surface area contributed by atoms with Crippen molar-refractivity contribution in [3.05, 3.63) is 101 Å². The van der Waals surface area contributed by atoms with Gasteiger partial charge in [0.05, 0.1) is 0 Å². The van der Waals surface area contributed by atoms with Crippen molar-refractivity contribution in [3.63, 3.8) is 0 Å². The molecule has 122 valence electrons. The summed E-state index contributed by atoms with van der Waals surface area (Å²) in [5.41, 5.74) is 7.57. The Morgan fingerprint density at radius 3 is 1.88 bits per heavy atom. The summed E-state index contributed by atoms with van der Waals surface area (Å²) >= 11 is 0. The molecule has 1 heterocycles. The van der Waals surface area contributed by atoms with Crippen LogP contribution >= 0.6 is 0 Å². The van der Waals surface area contributed by atoms with Gasteiger partial charge in [0.2, 0.25) is 5.89 Å². The van der Waals surface area contributed by atoms with Crippen LogP contribution in [0.2, 0.25) is 0 Å². The van der Waals surface area contributed by atoms with Crippen LogP contribution < -0.4 is 0 Å². The molecule has 0 unspecified atom stereocenters. The highest BCUT2D eigenvalue weighted by atomic mass is 16.3. The Hall–Kier alpha value is -3.13. The molecule has 3 aromatic carbocycles. The SMILES string of the molecule is Cc1ccc(C(=Cc2nc3ccccc3o2)c2ccc(C)cc2)cc1. The van der Waals surface area contributed by atoms with E-state index in [0.29, 0.717) is 5.89 Å². The largest absolute Gasteiger partial charge is 0.437 e. The first-order valence-electron chi connectivity index (χ1n) is 8.40. The number of aromatic nitrogens is 1. The van der Waals surface area contributed by atoms with Crippen LogP contribution in [-0.4, -0.2) is 4.98 Å². The number of rotatable bonds is 3. The zero-order valence-electron chi connectivity index (χ0n) is 14.4. The van der Waals surface area contributed by atoms with Crippen LogP contribution in [0.15, 0.2) is 77.2 Å². The quantitative estimate of drug-likeness (QED) is 0.459. The summed E-state index contributed by atoms with van der Waals surface area (Å²) in [5, 5.41) is 0. The van der Waals surface area contributed by atoms with Crippen LogP contribution in [0, 0.1) is 13.8 Å². The Morgan fingerprint density at radius 2 is 1.32 bits per heavy atom. The second-order valence-corrected chi connectivity index (χ2v) is 6.31. The van der Waals surface area contributed by atoms with Crippen molar-refractivity contribution < 1.29 is 4.42 Å². The van der Waals surface area contributed by atoms with Crippen molar-refractivity contribution in [2.24, 2.45) is 0 Å². The first-order chi connectivity index (χ1) is 12.2. The summed E-state index contributed by atoms with van der Waals surface area (Å²) in [4.78, 5) is 4.60. The Labute approximate surface area is 147 Å². The second kappa shape index (κ2) is 6.40. The van der Waals surface area contributed by atoms with Crippen LogP contribution in [0.3, 0.4) is 0 Å². The maximum atomic E-state index is 5.90. The Balaban J connectivity index is 1.86. The minimum atomic E-state index is 0.623.